The van der Waals surface area contributed by atoms with Crippen LogP contribution in [0.2, 0.25) is 0 Å². The summed E-state index contributed by atoms with van der Waals surface area (Å²) in [5, 5.41) is 3.42. The Labute approximate surface area is 112 Å². The second-order valence-corrected chi connectivity index (χ2v) is 5.70. The Morgan fingerprint density at radius 3 is 2.50 bits per heavy atom. The first-order chi connectivity index (χ1) is 8.47. The van der Waals surface area contributed by atoms with Crippen LogP contribution in [0.1, 0.15) is 37.0 Å². The minimum absolute atomic E-state index is 0.220. The summed E-state index contributed by atoms with van der Waals surface area (Å²) in [6.07, 6.45) is 1.14. The molecule has 18 heavy (non-hydrogen) atoms. The topological polar surface area (TPSA) is 21.3 Å². The van der Waals surface area contributed by atoms with Gasteiger partial charge in [0.25, 0.3) is 0 Å². The molecule has 102 valence electrons. The van der Waals surface area contributed by atoms with E-state index in [1.165, 1.54) is 16.7 Å². The highest BCUT2D eigenvalue weighted by Crippen LogP contribution is 2.29. The van der Waals surface area contributed by atoms with Crippen molar-refractivity contribution in [2.75, 3.05) is 26.8 Å². The third-order valence-electron chi connectivity index (χ3n) is 3.52. The predicted molar refractivity (Wildman–Crippen MR) is 78.3 cm³/mol. The number of methoxy groups -OCH3 is 1. The third-order valence-corrected chi connectivity index (χ3v) is 3.52. The Morgan fingerprint density at radius 1 is 1.17 bits per heavy atom. The minimum atomic E-state index is 0.220. The highest BCUT2D eigenvalue weighted by atomic mass is 16.5. The van der Waals surface area contributed by atoms with Crippen molar-refractivity contribution >= 4 is 0 Å². The van der Waals surface area contributed by atoms with Gasteiger partial charge in [0.2, 0.25) is 0 Å². The molecule has 0 spiro atoms. The van der Waals surface area contributed by atoms with E-state index in [-0.39, 0.29) is 5.41 Å². The zero-order valence-electron chi connectivity index (χ0n) is 12.5. The number of hydrogen-bond acceptors (Lipinski definition) is 2. The van der Waals surface area contributed by atoms with Gasteiger partial charge in [-0.1, -0.05) is 37.6 Å². The number of ether oxygens (including phenoxy) is 1. The van der Waals surface area contributed by atoms with E-state index in [9.17, 15) is 0 Å². The first-order valence-electron chi connectivity index (χ1n) is 6.75. The van der Waals surface area contributed by atoms with Crippen LogP contribution in [0.25, 0.3) is 0 Å². The van der Waals surface area contributed by atoms with Crippen LogP contribution in [0.4, 0.5) is 0 Å². The standard InChI is InChI=1S/C16H27NO/c1-13-6-7-15(14(2)12-13)16(3,4)8-9-17-10-11-18-5/h6-7,12,17H,8-11H2,1-5H3. The Morgan fingerprint density at radius 2 is 1.89 bits per heavy atom. The summed E-state index contributed by atoms with van der Waals surface area (Å²) in [5.74, 6) is 0. The maximum atomic E-state index is 5.03. The molecule has 0 fully saturated rings. The van der Waals surface area contributed by atoms with Crippen molar-refractivity contribution < 1.29 is 4.74 Å². The molecule has 0 heterocycles. The van der Waals surface area contributed by atoms with Crippen molar-refractivity contribution in [2.24, 2.45) is 0 Å². The summed E-state index contributed by atoms with van der Waals surface area (Å²) < 4.78 is 5.03. The van der Waals surface area contributed by atoms with Gasteiger partial charge in [0.1, 0.15) is 0 Å². The van der Waals surface area contributed by atoms with Crippen LogP contribution in [-0.2, 0) is 10.2 Å². The van der Waals surface area contributed by atoms with Crippen molar-refractivity contribution in [3.8, 4) is 0 Å². The van der Waals surface area contributed by atoms with Gasteiger partial charge in [0.05, 0.1) is 6.61 Å². The Kier molecular flexibility index (Phi) is 5.83. The van der Waals surface area contributed by atoms with Crippen molar-refractivity contribution in [1.29, 1.82) is 0 Å². The number of benzene rings is 1. The van der Waals surface area contributed by atoms with E-state index in [4.69, 9.17) is 4.74 Å². The molecule has 0 saturated heterocycles. The molecular formula is C16H27NO. The van der Waals surface area contributed by atoms with E-state index >= 15 is 0 Å². The Hall–Kier alpha value is -0.860. The van der Waals surface area contributed by atoms with E-state index in [1.54, 1.807) is 7.11 Å². The lowest BCUT2D eigenvalue weighted by atomic mass is 9.79. The second kappa shape index (κ2) is 6.91. The molecule has 2 nitrogen and oxygen atoms in total. The van der Waals surface area contributed by atoms with E-state index in [0.717, 1.165) is 26.1 Å². The van der Waals surface area contributed by atoms with Gasteiger partial charge in [-0.2, -0.15) is 0 Å². The number of nitrogens with one attached hydrogen (secondary N) is 1. The quantitative estimate of drug-likeness (QED) is 0.749. The first-order valence-corrected chi connectivity index (χ1v) is 6.75. The van der Waals surface area contributed by atoms with Crippen LogP contribution in [0.5, 0.6) is 0 Å². The van der Waals surface area contributed by atoms with Gasteiger partial charge < -0.3 is 10.1 Å². The number of aryl methyl sites for hydroxylation is 2. The fourth-order valence-corrected chi connectivity index (χ4v) is 2.41. The van der Waals surface area contributed by atoms with Gasteiger partial charge in [-0.25, -0.2) is 0 Å². The van der Waals surface area contributed by atoms with E-state index in [2.05, 4.69) is 51.2 Å². The zero-order valence-corrected chi connectivity index (χ0v) is 12.5. The van der Waals surface area contributed by atoms with Crippen molar-refractivity contribution in [3.63, 3.8) is 0 Å². The van der Waals surface area contributed by atoms with Gasteiger partial charge in [0, 0.05) is 13.7 Å². The summed E-state index contributed by atoms with van der Waals surface area (Å²) in [6.45, 7) is 11.7. The van der Waals surface area contributed by atoms with Crippen molar-refractivity contribution in [3.05, 3.63) is 34.9 Å². The van der Waals surface area contributed by atoms with Gasteiger partial charge in [-0.3, -0.25) is 0 Å². The van der Waals surface area contributed by atoms with Gasteiger partial charge in [-0.05, 0) is 43.4 Å². The Balaban J connectivity index is 2.56. The fraction of sp³-hybridized carbons (Fsp3) is 0.625. The lowest BCUT2D eigenvalue weighted by molar-refractivity contribution is 0.198. The second-order valence-electron chi connectivity index (χ2n) is 5.70. The van der Waals surface area contributed by atoms with Crippen molar-refractivity contribution in [2.45, 2.75) is 39.5 Å². The van der Waals surface area contributed by atoms with E-state index in [0.29, 0.717) is 0 Å². The molecule has 1 N–H and O–H groups in total. The van der Waals surface area contributed by atoms with Gasteiger partial charge in [0.15, 0.2) is 0 Å². The smallest absolute Gasteiger partial charge is 0.0587 e. The molecule has 0 aliphatic carbocycles. The molecule has 1 rings (SSSR count). The molecule has 0 bridgehead atoms. The average Bonchev–Trinajstić information content (AvgIpc) is 2.28. The SMILES string of the molecule is COCCNCCC(C)(C)c1ccc(C)cc1C. The highest BCUT2D eigenvalue weighted by Gasteiger charge is 2.21. The van der Waals surface area contributed by atoms with Crippen LogP contribution < -0.4 is 5.32 Å². The molecule has 1 aromatic carbocycles. The molecule has 0 atom stereocenters. The van der Waals surface area contributed by atoms with Crippen LogP contribution in [0.3, 0.4) is 0 Å². The molecule has 0 aliphatic rings. The summed E-state index contributed by atoms with van der Waals surface area (Å²) in [4.78, 5) is 0. The van der Waals surface area contributed by atoms with Crippen LogP contribution >= 0.6 is 0 Å². The third kappa shape index (κ3) is 4.43. The molecular weight excluding hydrogens is 222 g/mol. The summed E-state index contributed by atoms with van der Waals surface area (Å²) in [5.41, 5.74) is 4.42. The van der Waals surface area contributed by atoms with Crippen LogP contribution in [-0.4, -0.2) is 26.8 Å². The maximum absolute atomic E-state index is 5.03. The highest BCUT2D eigenvalue weighted by molar-refractivity contribution is 5.35. The lowest BCUT2D eigenvalue weighted by Gasteiger charge is -2.27. The molecule has 0 amide bonds. The van der Waals surface area contributed by atoms with E-state index in [1.807, 2.05) is 0 Å². The van der Waals surface area contributed by atoms with Crippen LogP contribution in [0.15, 0.2) is 18.2 Å². The predicted octanol–water partition coefficient (Wildman–Crippen LogP) is 3.21. The largest absolute Gasteiger partial charge is 0.383 e. The summed E-state index contributed by atoms with van der Waals surface area (Å²) >= 11 is 0. The maximum Gasteiger partial charge on any atom is 0.0587 e. The zero-order chi connectivity index (χ0) is 13.6. The number of hydrogen-bond donors (Lipinski definition) is 1. The molecule has 0 aliphatic heterocycles. The monoisotopic (exact) mass is 249 g/mol. The average molecular weight is 249 g/mol. The molecule has 0 saturated carbocycles. The minimum Gasteiger partial charge on any atom is -0.383 e. The molecule has 2 heteroatoms. The summed E-state index contributed by atoms with van der Waals surface area (Å²) in [6, 6.07) is 6.76. The van der Waals surface area contributed by atoms with Crippen molar-refractivity contribution in [1.82, 2.24) is 5.32 Å². The number of rotatable bonds is 7. The molecule has 0 radical (unpaired) electrons. The molecule has 1 aromatic rings. The lowest BCUT2D eigenvalue weighted by Crippen LogP contribution is -2.28. The molecule has 0 aromatic heterocycles. The fourth-order valence-electron chi connectivity index (χ4n) is 2.41. The van der Waals surface area contributed by atoms with Crippen LogP contribution in [0, 0.1) is 13.8 Å². The van der Waals surface area contributed by atoms with Gasteiger partial charge >= 0.3 is 0 Å². The first kappa shape index (κ1) is 15.2. The Bertz CT molecular complexity index is 371. The van der Waals surface area contributed by atoms with E-state index < -0.39 is 0 Å². The molecule has 0 unspecified atom stereocenters. The summed E-state index contributed by atoms with van der Waals surface area (Å²) in [7, 11) is 1.74. The van der Waals surface area contributed by atoms with Gasteiger partial charge in [-0.15, -0.1) is 0 Å². The normalized spacial score (nSPS) is 11.8.